The predicted octanol–water partition coefficient (Wildman–Crippen LogP) is 5.42. The standard InChI is InChI=1S/C28H27F5N2O4/c29-21-5-10-26(24(30)16-21)38-13-12-37-22-6-3-18(4-7-22)14-20(17-36)27(34)35-11-1-2-19-15-23(8-9-25(19)35)39-28(31,32)33/h3-10,15-17,20,27H,1-2,11-14,34H2. The van der Waals surface area contributed by atoms with Crippen LogP contribution in [-0.2, 0) is 17.6 Å². The summed E-state index contributed by atoms with van der Waals surface area (Å²) in [7, 11) is 0. The van der Waals surface area contributed by atoms with Crippen molar-refractivity contribution in [3.63, 3.8) is 0 Å². The van der Waals surface area contributed by atoms with E-state index in [1.165, 1.54) is 24.3 Å². The van der Waals surface area contributed by atoms with E-state index in [9.17, 15) is 26.7 Å². The summed E-state index contributed by atoms with van der Waals surface area (Å²) in [6.07, 6.45) is -3.08. The van der Waals surface area contributed by atoms with Crippen molar-refractivity contribution in [1.29, 1.82) is 0 Å². The first-order valence-corrected chi connectivity index (χ1v) is 12.3. The van der Waals surface area contributed by atoms with E-state index >= 15 is 0 Å². The van der Waals surface area contributed by atoms with Gasteiger partial charge in [0.05, 0.1) is 12.1 Å². The van der Waals surface area contributed by atoms with Crippen LogP contribution in [0.3, 0.4) is 0 Å². The van der Waals surface area contributed by atoms with Crippen LogP contribution in [0.2, 0.25) is 0 Å². The SMILES string of the molecule is NC(C(C=O)Cc1ccc(OCCOc2ccc(F)cc2F)cc1)N1CCCc2cc(OC(F)(F)F)ccc21. The molecule has 2 unspecified atom stereocenters. The van der Waals surface area contributed by atoms with E-state index in [-0.39, 0.29) is 24.7 Å². The lowest BCUT2D eigenvalue weighted by atomic mass is 9.94. The highest BCUT2D eigenvalue weighted by atomic mass is 19.4. The Labute approximate surface area is 222 Å². The normalized spacial score (nSPS) is 14.8. The van der Waals surface area contributed by atoms with Gasteiger partial charge in [0.15, 0.2) is 11.6 Å². The van der Waals surface area contributed by atoms with Gasteiger partial charge in [-0.3, -0.25) is 0 Å². The predicted molar refractivity (Wildman–Crippen MR) is 134 cm³/mol. The highest BCUT2D eigenvalue weighted by Crippen LogP contribution is 2.34. The molecule has 208 valence electrons. The fraction of sp³-hybridized carbons (Fsp3) is 0.321. The molecule has 3 aromatic rings. The average Bonchev–Trinajstić information content (AvgIpc) is 2.89. The van der Waals surface area contributed by atoms with Gasteiger partial charge in [-0.05, 0) is 72.9 Å². The van der Waals surface area contributed by atoms with E-state index in [2.05, 4.69) is 4.74 Å². The average molecular weight is 551 g/mol. The van der Waals surface area contributed by atoms with Crippen LogP contribution in [0, 0.1) is 17.6 Å². The number of aryl methyl sites for hydroxylation is 1. The molecule has 2 atom stereocenters. The quantitative estimate of drug-likeness (QED) is 0.195. The van der Waals surface area contributed by atoms with Gasteiger partial charge in [-0.15, -0.1) is 13.2 Å². The zero-order valence-corrected chi connectivity index (χ0v) is 20.8. The number of halogens is 5. The molecule has 1 aliphatic rings. The number of anilines is 1. The highest BCUT2D eigenvalue weighted by Gasteiger charge is 2.32. The minimum atomic E-state index is -4.78. The summed E-state index contributed by atoms with van der Waals surface area (Å²) in [5.41, 5.74) is 8.68. The molecule has 6 nitrogen and oxygen atoms in total. The Morgan fingerprint density at radius 2 is 1.67 bits per heavy atom. The third-order valence-corrected chi connectivity index (χ3v) is 6.31. The molecule has 0 saturated carbocycles. The molecule has 39 heavy (non-hydrogen) atoms. The second kappa shape index (κ2) is 12.3. The van der Waals surface area contributed by atoms with Crippen LogP contribution < -0.4 is 24.8 Å². The molecule has 0 spiro atoms. The fourth-order valence-electron chi connectivity index (χ4n) is 4.49. The van der Waals surface area contributed by atoms with Gasteiger partial charge in [0.1, 0.15) is 36.8 Å². The molecule has 4 rings (SSSR count). The number of carbonyl (C=O) groups is 1. The molecule has 0 saturated heterocycles. The van der Waals surface area contributed by atoms with Crippen molar-refractivity contribution in [2.24, 2.45) is 11.7 Å². The Bertz CT molecular complexity index is 1270. The summed E-state index contributed by atoms with van der Waals surface area (Å²) in [6.45, 7) is 0.740. The third-order valence-electron chi connectivity index (χ3n) is 6.31. The van der Waals surface area contributed by atoms with Gasteiger partial charge in [-0.25, -0.2) is 8.78 Å². The summed E-state index contributed by atoms with van der Waals surface area (Å²) in [6, 6.07) is 14.2. The molecule has 3 aromatic carbocycles. The number of nitrogens with zero attached hydrogens (tertiary/aromatic N) is 1. The second-order valence-corrected chi connectivity index (χ2v) is 9.05. The van der Waals surface area contributed by atoms with E-state index in [1.807, 2.05) is 4.90 Å². The second-order valence-electron chi connectivity index (χ2n) is 9.05. The topological polar surface area (TPSA) is 74.0 Å². The number of carbonyl (C=O) groups excluding carboxylic acids is 1. The number of hydrogen-bond donors (Lipinski definition) is 1. The van der Waals surface area contributed by atoms with Crippen molar-refractivity contribution >= 4 is 12.0 Å². The molecule has 0 aromatic heterocycles. The molecule has 1 heterocycles. The summed E-state index contributed by atoms with van der Waals surface area (Å²) < 4.78 is 79.3. The number of nitrogens with two attached hydrogens (primary N) is 1. The summed E-state index contributed by atoms with van der Waals surface area (Å²) in [5.74, 6) is -1.89. The van der Waals surface area contributed by atoms with Crippen molar-refractivity contribution in [3.05, 3.63) is 83.4 Å². The van der Waals surface area contributed by atoms with Crippen LogP contribution in [0.5, 0.6) is 17.2 Å². The number of hydrogen-bond acceptors (Lipinski definition) is 6. The maximum Gasteiger partial charge on any atom is 0.573 e. The van der Waals surface area contributed by atoms with Crippen molar-refractivity contribution in [2.75, 3.05) is 24.7 Å². The monoisotopic (exact) mass is 550 g/mol. The Morgan fingerprint density at radius 1 is 0.949 bits per heavy atom. The van der Waals surface area contributed by atoms with Crippen LogP contribution in [0.15, 0.2) is 60.7 Å². The molecule has 0 amide bonds. The van der Waals surface area contributed by atoms with Gasteiger partial charge in [0.25, 0.3) is 0 Å². The minimum Gasteiger partial charge on any atom is -0.490 e. The van der Waals surface area contributed by atoms with Crippen molar-refractivity contribution in [1.82, 2.24) is 0 Å². The Hall–Kier alpha value is -3.86. The van der Waals surface area contributed by atoms with Crippen LogP contribution in [-0.4, -0.2) is 38.6 Å². The summed E-state index contributed by atoms with van der Waals surface area (Å²) in [5, 5.41) is 0. The number of ether oxygens (including phenoxy) is 3. The number of rotatable bonds is 11. The van der Waals surface area contributed by atoms with Gasteiger partial charge in [-0.2, -0.15) is 0 Å². The molecule has 0 fully saturated rings. The lowest BCUT2D eigenvalue weighted by molar-refractivity contribution is -0.274. The van der Waals surface area contributed by atoms with E-state index in [0.717, 1.165) is 24.0 Å². The molecular formula is C28H27F5N2O4. The van der Waals surface area contributed by atoms with Gasteiger partial charge in [0.2, 0.25) is 0 Å². The molecule has 11 heteroatoms. The smallest absolute Gasteiger partial charge is 0.490 e. The lowest BCUT2D eigenvalue weighted by Crippen LogP contribution is -2.50. The van der Waals surface area contributed by atoms with Crippen LogP contribution in [0.1, 0.15) is 17.5 Å². The first-order valence-electron chi connectivity index (χ1n) is 12.3. The van der Waals surface area contributed by atoms with Crippen molar-refractivity contribution in [3.8, 4) is 17.2 Å². The number of aldehydes is 1. The minimum absolute atomic E-state index is 0.0491. The van der Waals surface area contributed by atoms with Gasteiger partial charge in [0, 0.05) is 18.3 Å². The molecule has 1 aliphatic heterocycles. The molecule has 2 N–H and O–H groups in total. The van der Waals surface area contributed by atoms with Gasteiger partial charge in [-0.1, -0.05) is 12.1 Å². The fourth-order valence-corrected chi connectivity index (χ4v) is 4.49. The Morgan fingerprint density at radius 3 is 2.36 bits per heavy atom. The van der Waals surface area contributed by atoms with Gasteiger partial charge < -0.3 is 29.6 Å². The first kappa shape index (κ1) is 28.2. The zero-order valence-electron chi connectivity index (χ0n) is 20.8. The van der Waals surface area contributed by atoms with Gasteiger partial charge >= 0.3 is 6.36 Å². The van der Waals surface area contributed by atoms with Crippen LogP contribution >= 0.6 is 0 Å². The number of benzene rings is 3. The third kappa shape index (κ3) is 7.60. The molecule has 0 bridgehead atoms. The van der Waals surface area contributed by atoms with Crippen molar-refractivity contribution < 1.29 is 41.0 Å². The van der Waals surface area contributed by atoms with Crippen LogP contribution in [0.4, 0.5) is 27.6 Å². The molecule has 0 radical (unpaired) electrons. The molecule has 0 aliphatic carbocycles. The van der Waals surface area contributed by atoms with E-state index in [4.69, 9.17) is 15.2 Å². The van der Waals surface area contributed by atoms with E-state index in [0.29, 0.717) is 42.8 Å². The highest BCUT2D eigenvalue weighted by molar-refractivity contribution is 5.62. The Balaban J connectivity index is 1.32. The molecular weight excluding hydrogens is 523 g/mol. The first-order chi connectivity index (χ1) is 18.6. The zero-order chi connectivity index (χ0) is 28.0. The number of fused-ring (bicyclic) bond motifs is 1. The van der Waals surface area contributed by atoms with Crippen molar-refractivity contribution in [2.45, 2.75) is 31.8 Å². The summed E-state index contributed by atoms with van der Waals surface area (Å²) >= 11 is 0. The maximum atomic E-state index is 13.6. The van der Waals surface area contributed by atoms with E-state index in [1.54, 1.807) is 24.3 Å². The van der Waals surface area contributed by atoms with E-state index < -0.39 is 30.1 Å². The maximum absolute atomic E-state index is 13.6. The largest absolute Gasteiger partial charge is 0.573 e. The Kier molecular flexibility index (Phi) is 8.90. The van der Waals surface area contributed by atoms with Crippen LogP contribution in [0.25, 0.3) is 0 Å². The summed E-state index contributed by atoms with van der Waals surface area (Å²) in [4.78, 5) is 13.8. The lowest BCUT2D eigenvalue weighted by Gasteiger charge is -2.38. The number of alkyl halides is 3.